The van der Waals surface area contributed by atoms with Crippen molar-refractivity contribution in [3.63, 3.8) is 0 Å². The maximum absolute atomic E-state index is 5.60. The number of H-pyrrole nitrogens is 1. The molecule has 4 bridgehead atoms. The van der Waals surface area contributed by atoms with Crippen LogP contribution < -0.4 is 5.73 Å². The van der Waals surface area contributed by atoms with Crippen LogP contribution in [0.3, 0.4) is 0 Å². The normalized spacial score (nSPS) is 39.9. The van der Waals surface area contributed by atoms with Crippen LogP contribution in [0.1, 0.15) is 56.5 Å². The van der Waals surface area contributed by atoms with Crippen molar-refractivity contribution in [3.8, 4) is 0 Å². The molecule has 1 aromatic rings. The standard InChI is InChI=1S/C16H25N3/c17-3-1-2-14-10-18-15(19-14)16-7-11-4-12(8-16)6-13(5-11)9-16/h10-13H,1-9,17H2,(H,18,19). The van der Waals surface area contributed by atoms with Gasteiger partial charge in [-0.1, -0.05) is 0 Å². The number of aromatic amines is 1. The van der Waals surface area contributed by atoms with Gasteiger partial charge in [-0.05, 0) is 75.7 Å². The van der Waals surface area contributed by atoms with E-state index in [0.717, 1.165) is 37.1 Å². The molecule has 0 spiro atoms. The Morgan fingerprint density at radius 3 is 2.37 bits per heavy atom. The van der Waals surface area contributed by atoms with E-state index in [9.17, 15) is 0 Å². The molecule has 19 heavy (non-hydrogen) atoms. The Morgan fingerprint density at radius 2 is 1.79 bits per heavy atom. The van der Waals surface area contributed by atoms with Crippen molar-refractivity contribution in [3.05, 3.63) is 17.7 Å². The SMILES string of the molecule is NCCCc1cnc(C23CC4CC(CC(C4)C2)C3)[nH]1. The number of nitrogens with zero attached hydrogens (tertiary/aromatic N) is 1. The lowest BCUT2D eigenvalue weighted by atomic mass is 9.49. The average Bonchev–Trinajstić information content (AvgIpc) is 2.84. The summed E-state index contributed by atoms with van der Waals surface area (Å²) in [4.78, 5) is 8.40. The molecule has 4 saturated carbocycles. The minimum Gasteiger partial charge on any atom is -0.345 e. The third kappa shape index (κ3) is 1.94. The van der Waals surface area contributed by atoms with Gasteiger partial charge in [-0.25, -0.2) is 4.98 Å². The molecule has 4 aliphatic carbocycles. The molecule has 0 aliphatic heterocycles. The van der Waals surface area contributed by atoms with Crippen LogP contribution in [0.25, 0.3) is 0 Å². The summed E-state index contributed by atoms with van der Waals surface area (Å²) in [5.74, 6) is 4.27. The summed E-state index contributed by atoms with van der Waals surface area (Å²) in [6, 6.07) is 0. The van der Waals surface area contributed by atoms with E-state index in [1.54, 1.807) is 0 Å². The summed E-state index contributed by atoms with van der Waals surface area (Å²) >= 11 is 0. The highest BCUT2D eigenvalue weighted by Crippen LogP contribution is 2.60. The minimum absolute atomic E-state index is 0.412. The van der Waals surface area contributed by atoms with Crippen molar-refractivity contribution in [1.82, 2.24) is 9.97 Å². The molecule has 4 aliphatic rings. The van der Waals surface area contributed by atoms with Gasteiger partial charge in [0.15, 0.2) is 0 Å². The molecule has 3 N–H and O–H groups in total. The lowest BCUT2D eigenvalue weighted by molar-refractivity contribution is -0.00905. The van der Waals surface area contributed by atoms with Gasteiger partial charge < -0.3 is 10.7 Å². The molecule has 0 saturated heterocycles. The molecule has 104 valence electrons. The molecule has 0 unspecified atom stereocenters. The number of imidazole rings is 1. The van der Waals surface area contributed by atoms with E-state index in [1.807, 2.05) is 0 Å². The van der Waals surface area contributed by atoms with E-state index in [2.05, 4.69) is 11.2 Å². The maximum atomic E-state index is 5.60. The van der Waals surface area contributed by atoms with Gasteiger partial charge in [0.1, 0.15) is 5.82 Å². The zero-order chi connectivity index (χ0) is 12.9. The summed E-state index contributed by atoms with van der Waals surface area (Å²) < 4.78 is 0. The molecule has 1 aromatic heterocycles. The summed E-state index contributed by atoms with van der Waals surface area (Å²) in [7, 11) is 0. The number of aromatic nitrogens is 2. The van der Waals surface area contributed by atoms with E-state index in [-0.39, 0.29) is 0 Å². The summed E-state index contributed by atoms with van der Waals surface area (Å²) in [6.45, 7) is 0.770. The number of rotatable bonds is 4. The number of hydrogen-bond donors (Lipinski definition) is 2. The van der Waals surface area contributed by atoms with Crippen molar-refractivity contribution in [2.45, 2.75) is 56.8 Å². The molecule has 0 amide bonds. The van der Waals surface area contributed by atoms with Gasteiger partial charge >= 0.3 is 0 Å². The zero-order valence-electron chi connectivity index (χ0n) is 11.7. The van der Waals surface area contributed by atoms with Crippen LogP contribution in [0.2, 0.25) is 0 Å². The summed E-state index contributed by atoms with van der Waals surface area (Å²) in [5, 5.41) is 0. The van der Waals surface area contributed by atoms with Crippen LogP contribution >= 0.6 is 0 Å². The second kappa shape index (κ2) is 4.34. The monoisotopic (exact) mass is 259 g/mol. The van der Waals surface area contributed by atoms with Crippen LogP contribution in [0, 0.1) is 17.8 Å². The molecule has 1 heterocycles. The highest BCUT2D eigenvalue weighted by atomic mass is 14.9. The molecule has 0 aromatic carbocycles. The van der Waals surface area contributed by atoms with Crippen LogP contribution in [-0.2, 0) is 11.8 Å². The van der Waals surface area contributed by atoms with Crippen LogP contribution in [0.4, 0.5) is 0 Å². The van der Waals surface area contributed by atoms with Gasteiger partial charge in [0.25, 0.3) is 0 Å². The Bertz CT molecular complexity index is 427. The van der Waals surface area contributed by atoms with E-state index in [0.29, 0.717) is 5.41 Å². The fraction of sp³-hybridized carbons (Fsp3) is 0.812. The predicted octanol–water partition coefficient (Wildman–Crippen LogP) is 2.77. The minimum atomic E-state index is 0.412. The molecule has 5 rings (SSSR count). The van der Waals surface area contributed by atoms with E-state index in [4.69, 9.17) is 10.7 Å². The van der Waals surface area contributed by atoms with Crippen molar-refractivity contribution in [2.24, 2.45) is 23.5 Å². The first-order valence-corrected chi connectivity index (χ1v) is 8.02. The molecule has 0 radical (unpaired) electrons. The van der Waals surface area contributed by atoms with E-state index < -0.39 is 0 Å². The second-order valence-corrected chi connectivity index (χ2v) is 7.35. The molecule has 0 atom stereocenters. The first-order chi connectivity index (χ1) is 9.27. The third-order valence-electron chi connectivity index (χ3n) is 5.82. The third-order valence-corrected chi connectivity index (χ3v) is 5.82. The number of hydrogen-bond acceptors (Lipinski definition) is 2. The quantitative estimate of drug-likeness (QED) is 0.873. The van der Waals surface area contributed by atoms with Gasteiger partial charge in [0.05, 0.1) is 0 Å². The van der Waals surface area contributed by atoms with Gasteiger partial charge in [-0.2, -0.15) is 0 Å². The fourth-order valence-electron chi connectivity index (χ4n) is 5.45. The Hall–Kier alpha value is -0.830. The van der Waals surface area contributed by atoms with Crippen LogP contribution in [-0.4, -0.2) is 16.5 Å². The summed E-state index contributed by atoms with van der Waals surface area (Å²) in [5.41, 5.74) is 7.30. The van der Waals surface area contributed by atoms with Crippen molar-refractivity contribution in [2.75, 3.05) is 6.54 Å². The Kier molecular flexibility index (Phi) is 2.73. The number of nitrogens with two attached hydrogens (primary N) is 1. The number of nitrogens with one attached hydrogen (secondary N) is 1. The van der Waals surface area contributed by atoms with Gasteiger partial charge in [0.2, 0.25) is 0 Å². The van der Waals surface area contributed by atoms with E-state index in [1.165, 1.54) is 50.0 Å². The highest BCUT2D eigenvalue weighted by molar-refractivity contribution is 5.19. The number of aryl methyl sites for hydroxylation is 1. The van der Waals surface area contributed by atoms with Crippen molar-refractivity contribution in [1.29, 1.82) is 0 Å². The molecular weight excluding hydrogens is 234 g/mol. The zero-order valence-corrected chi connectivity index (χ0v) is 11.7. The van der Waals surface area contributed by atoms with Crippen LogP contribution in [0.15, 0.2) is 6.20 Å². The summed E-state index contributed by atoms with van der Waals surface area (Å²) in [6.07, 6.45) is 12.8. The van der Waals surface area contributed by atoms with Crippen molar-refractivity contribution < 1.29 is 0 Å². The Labute approximate surface area is 115 Å². The first-order valence-electron chi connectivity index (χ1n) is 8.02. The molecule has 3 heteroatoms. The predicted molar refractivity (Wildman–Crippen MR) is 75.8 cm³/mol. The maximum Gasteiger partial charge on any atom is 0.112 e. The van der Waals surface area contributed by atoms with E-state index >= 15 is 0 Å². The molecular formula is C16H25N3. The second-order valence-electron chi connectivity index (χ2n) is 7.35. The average molecular weight is 259 g/mol. The first kappa shape index (κ1) is 12.0. The Balaban J connectivity index is 1.59. The van der Waals surface area contributed by atoms with Crippen LogP contribution in [0.5, 0.6) is 0 Å². The molecule has 3 nitrogen and oxygen atoms in total. The van der Waals surface area contributed by atoms with Gasteiger partial charge in [0, 0.05) is 17.3 Å². The Morgan fingerprint density at radius 1 is 1.16 bits per heavy atom. The van der Waals surface area contributed by atoms with Gasteiger partial charge in [-0.15, -0.1) is 0 Å². The lowest BCUT2D eigenvalue weighted by Crippen LogP contribution is -2.49. The van der Waals surface area contributed by atoms with Crippen molar-refractivity contribution >= 4 is 0 Å². The fourth-order valence-corrected chi connectivity index (χ4v) is 5.45. The largest absolute Gasteiger partial charge is 0.345 e. The topological polar surface area (TPSA) is 54.7 Å². The smallest absolute Gasteiger partial charge is 0.112 e. The molecule has 4 fully saturated rings. The highest BCUT2D eigenvalue weighted by Gasteiger charge is 2.52. The van der Waals surface area contributed by atoms with Gasteiger partial charge in [-0.3, -0.25) is 0 Å². The lowest BCUT2D eigenvalue weighted by Gasteiger charge is -2.56.